The molecule has 2 aliphatic heterocycles. The van der Waals surface area contributed by atoms with Crippen molar-refractivity contribution in [3.63, 3.8) is 0 Å². The molecule has 0 N–H and O–H groups in total. The third-order valence-corrected chi connectivity index (χ3v) is 5.52. The van der Waals surface area contributed by atoms with Crippen LogP contribution >= 0.6 is 11.8 Å². The summed E-state index contributed by atoms with van der Waals surface area (Å²) in [6.45, 7) is 2.39. The molecule has 2 saturated heterocycles. The molecule has 3 heterocycles. The van der Waals surface area contributed by atoms with E-state index in [9.17, 15) is 4.79 Å². The number of hydrogen-bond acceptors (Lipinski definition) is 5. The Morgan fingerprint density at radius 2 is 2.38 bits per heavy atom. The molecule has 2 aliphatic rings. The molecular weight excluding hydrogens is 288 g/mol. The van der Waals surface area contributed by atoms with Gasteiger partial charge in [-0.25, -0.2) is 0 Å². The second kappa shape index (κ2) is 6.34. The topological polar surface area (TPSA) is 51.7 Å². The maximum atomic E-state index is 11.7. The summed E-state index contributed by atoms with van der Waals surface area (Å²) in [5.41, 5.74) is 0.967. The molecule has 0 aliphatic carbocycles. The van der Waals surface area contributed by atoms with E-state index in [0.29, 0.717) is 6.61 Å². The lowest BCUT2D eigenvalue weighted by molar-refractivity contribution is -0.140. The second-order valence-corrected chi connectivity index (χ2v) is 7.12. The first-order valence-corrected chi connectivity index (χ1v) is 8.11. The third-order valence-electron chi connectivity index (χ3n) is 3.95. The maximum absolute atomic E-state index is 11.7. The van der Waals surface area contributed by atoms with Crippen molar-refractivity contribution in [1.82, 2.24) is 9.88 Å². The summed E-state index contributed by atoms with van der Waals surface area (Å²) in [6.07, 6.45) is 3.06. The van der Waals surface area contributed by atoms with Gasteiger partial charge in [-0.15, -0.1) is 11.8 Å². The Morgan fingerprint density at radius 1 is 1.52 bits per heavy atom. The third kappa shape index (κ3) is 3.39. The van der Waals surface area contributed by atoms with Crippen molar-refractivity contribution in [2.45, 2.75) is 23.9 Å². The van der Waals surface area contributed by atoms with Gasteiger partial charge in [-0.05, 0) is 18.6 Å². The molecule has 1 amide bonds. The molecule has 21 heavy (non-hydrogen) atoms. The lowest BCUT2D eigenvalue weighted by Gasteiger charge is -2.47. The molecule has 114 valence electrons. The first-order chi connectivity index (χ1) is 10.2. The molecule has 0 bridgehead atoms. The Bertz CT molecular complexity index is 491. The van der Waals surface area contributed by atoms with Crippen LogP contribution < -0.4 is 0 Å². The molecule has 1 atom stereocenters. The number of carbonyl (C=O) groups excluding carboxylic acids is 1. The molecular formula is C15H20N2O3S. The number of pyridine rings is 1. The van der Waals surface area contributed by atoms with Gasteiger partial charge >= 0.3 is 0 Å². The number of aromatic nitrogens is 1. The Morgan fingerprint density at radius 3 is 3.10 bits per heavy atom. The van der Waals surface area contributed by atoms with Crippen molar-refractivity contribution in [2.75, 3.05) is 32.6 Å². The summed E-state index contributed by atoms with van der Waals surface area (Å²) in [7, 11) is 1.55. The zero-order valence-electron chi connectivity index (χ0n) is 12.2. The lowest BCUT2D eigenvalue weighted by atomic mass is 9.93. The fourth-order valence-electron chi connectivity index (χ4n) is 2.86. The van der Waals surface area contributed by atoms with Gasteiger partial charge < -0.3 is 14.4 Å². The highest BCUT2D eigenvalue weighted by atomic mass is 32.2. The van der Waals surface area contributed by atoms with Gasteiger partial charge in [-0.3, -0.25) is 9.78 Å². The predicted octanol–water partition coefficient (Wildman–Crippen LogP) is 1.33. The fraction of sp³-hybridized carbons (Fsp3) is 0.600. The minimum absolute atomic E-state index is 0.0848. The van der Waals surface area contributed by atoms with Gasteiger partial charge in [-0.1, -0.05) is 6.07 Å². The van der Waals surface area contributed by atoms with Crippen LogP contribution in [0, 0.1) is 0 Å². The molecule has 0 radical (unpaired) electrons. The van der Waals surface area contributed by atoms with Crippen LogP contribution in [0.4, 0.5) is 0 Å². The molecule has 1 aromatic heterocycles. The molecule has 3 rings (SSSR count). The van der Waals surface area contributed by atoms with Gasteiger partial charge in [0.15, 0.2) is 0 Å². The first-order valence-electron chi connectivity index (χ1n) is 7.13. The monoisotopic (exact) mass is 308 g/mol. The number of thioether (sulfide) groups is 1. The average molecular weight is 308 g/mol. The van der Waals surface area contributed by atoms with Crippen molar-refractivity contribution in [2.24, 2.45) is 0 Å². The van der Waals surface area contributed by atoms with Gasteiger partial charge in [0.1, 0.15) is 6.61 Å². The maximum Gasteiger partial charge on any atom is 0.248 e. The summed E-state index contributed by atoms with van der Waals surface area (Å²) in [4.78, 5) is 17.8. The van der Waals surface area contributed by atoms with Crippen molar-refractivity contribution < 1.29 is 14.3 Å². The van der Waals surface area contributed by atoms with E-state index in [4.69, 9.17) is 9.47 Å². The van der Waals surface area contributed by atoms with Crippen LogP contribution in [0.2, 0.25) is 0 Å². The molecule has 0 aromatic carbocycles. The minimum Gasteiger partial charge on any atom is -0.375 e. The van der Waals surface area contributed by atoms with E-state index in [0.717, 1.165) is 31.0 Å². The first kappa shape index (κ1) is 14.8. The van der Waals surface area contributed by atoms with Gasteiger partial charge in [-0.2, -0.15) is 0 Å². The van der Waals surface area contributed by atoms with E-state index in [2.05, 4.69) is 4.98 Å². The molecule has 2 fully saturated rings. The zero-order chi connectivity index (χ0) is 14.7. The number of rotatable bonds is 5. The average Bonchev–Trinajstić information content (AvgIpc) is 2.89. The van der Waals surface area contributed by atoms with Crippen LogP contribution in [0.3, 0.4) is 0 Å². The zero-order valence-corrected chi connectivity index (χ0v) is 13.0. The smallest absolute Gasteiger partial charge is 0.248 e. The van der Waals surface area contributed by atoms with Crippen molar-refractivity contribution in [3.8, 4) is 0 Å². The van der Waals surface area contributed by atoms with E-state index in [1.807, 2.05) is 34.9 Å². The normalized spacial score (nSPS) is 23.3. The minimum atomic E-state index is 0.0848. The quantitative estimate of drug-likeness (QED) is 0.821. The number of likely N-dealkylation sites (tertiary alicyclic amines) is 1. The van der Waals surface area contributed by atoms with Crippen LogP contribution in [0.15, 0.2) is 24.4 Å². The summed E-state index contributed by atoms with van der Waals surface area (Å²) < 4.78 is 11.0. The van der Waals surface area contributed by atoms with Gasteiger partial charge in [0, 0.05) is 32.1 Å². The summed E-state index contributed by atoms with van der Waals surface area (Å²) in [5, 5.41) is 0. The Kier molecular flexibility index (Phi) is 4.47. The Balaban J connectivity index is 1.43. The number of carbonyl (C=O) groups is 1. The number of nitrogens with zero attached hydrogens (tertiary/aromatic N) is 2. The standard InChI is InChI=1S/C15H20N2O3S/c1-19-8-14(18)17-10-15(11-17)6-13(9-21-15)20-7-12-4-2-3-5-16-12/h2-5,13H,6-11H2,1H3/t13-/m1/s1. The van der Waals surface area contributed by atoms with Crippen molar-refractivity contribution in [1.29, 1.82) is 0 Å². The van der Waals surface area contributed by atoms with Crippen LogP contribution in [-0.2, 0) is 20.9 Å². The highest BCUT2D eigenvalue weighted by molar-refractivity contribution is 8.01. The molecule has 0 unspecified atom stereocenters. The van der Waals surface area contributed by atoms with E-state index < -0.39 is 0 Å². The summed E-state index contributed by atoms with van der Waals surface area (Å²) in [5.74, 6) is 1.08. The summed E-state index contributed by atoms with van der Waals surface area (Å²) >= 11 is 1.93. The number of hydrogen-bond donors (Lipinski definition) is 0. The van der Waals surface area contributed by atoms with E-state index in [-0.39, 0.29) is 23.4 Å². The van der Waals surface area contributed by atoms with E-state index >= 15 is 0 Å². The Labute approximate surface area is 129 Å². The largest absolute Gasteiger partial charge is 0.375 e. The van der Waals surface area contributed by atoms with Crippen LogP contribution in [-0.4, -0.2) is 59.2 Å². The molecule has 6 heteroatoms. The second-order valence-electron chi connectivity index (χ2n) is 5.64. The van der Waals surface area contributed by atoms with Gasteiger partial charge in [0.25, 0.3) is 0 Å². The number of methoxy groups -OCH3 is 1. The fourth-order valence-corrected chi connectivity index (χ4v) is 4.41. The highest BCUT2D eigenvalue weighted by Crippen LogP contribution is 2.46. The molecule has 0 saturated carbocycles. The number of amides is 1. The highest BCUT2D eigenvalue weighted by Gasteiger charge is 2.50. The van der Waals surface area contributed by atoms with E-state index in [1.54, 1.807) is 13.3 Å². The van der Waals surface area contributed by atoms with Gasteiger partial charge in [0.05, 0.1) is 23.2 Å². The van der Waals surface area contributed by atoms with Crippen LogP contribution in [0.25, 0.3) is 0 Å². The SMILES string of the molecule is COCC(=O)N1CC2(C[C@@H](OCc3ccccn3)CS2)C1. The Hall–Kier alpha value is -1.11. The van der Waals surface area contributed by atoms with E-state index in [1.165, 1.54) is 0 Å². The van der Waals surface area contributed by atoms with Gasteiger partial charge in [0.2, 0.25) is 5.91 Å². The van der Waals surface area contributed by atoms with Crippen LogP contribution in [0.1, 0.15) is 12.1 Å². The molecule has 1 spiro atoms. The summed E-state index contributed by atoms with van der Waals surface area (Å²) in [6, 6.07) is 5.86. The van der Waals surface area contributed by atoms with Crippen molar-refractivity contribution in [3.05, 3.63) is 30.1 Å². The number of ether oxygens (including phenoxy) is 2. The molecule has 1 aromatic rings. The van der Waals surface area contributed by atoms with Crippen LogP contribution in [0.5, 0.6) is 0 Å². The molecule has 5 nitrogen and oxygen atoms in total. The van der Waals surface area contributed by atoms with Crippen molar-refractivity contribution >= 4 is 17.7 Å². The predicted molar refractivity (Wildman–Crippen MR) is 81.1 cm³/mol. The lowest BCUT2D eigenvalue weighted by Crippen LogP contribution is -2.61.